The number of nitro benzene ring substituents is 1. The molecule has 0 aromatic heterocycles. The maximum Gasteiger partial charge on any atom is 0.311 e. The van der Waals surface area contributed by atoms with Crippen molar-refractivity contribution in [1.82, 2.24) is 0 Å². The molecule has 0 aliphatic heterocycles. The quantitative estimate of drug-likeness (QED) is 0.390. The van der Waals surface area contributed by atoms with Crippen LogP contribution in [0.3, 0.4) is 0 Å². The lowest BCUT2D eigenvalue weighted by Gasteiger charge is -2.09. The number of amides is 1. The lowest BCUT2D eigenvalue weighted by atomic mass is 10.1. The summed E-state index contributed by atoms with van der Waals surface area (Å²) in [7, 11) is 0. The van der Waals surface area contributed by atoms with E-state index in [0.717, 1.165) is 6.07 Å². The van der Waals surface area contributed by atoms with E-state index in [1.54, 1.807) is 6.92 Å². The Morgan fingerprint density at radius 3 is 2.46 bits per heavy atom. The third kappa shape index (κ3) is 4.04. The van der Waals surface area contributed by atoms with Crippen LogP contribution in [0.4, 0.5) is 11.4 Å². The number of halogens is 2. The number of ether oxygens (including phenoxy) is 1. The van der Waals surface area contributed by atoms with Gasteiger partial charge in [-0.2, -0.15) is 0 Å². The first kappa shape index (κ1) is 18.2. The van der Waals surface area contributed by atoms with E-state index < -0.39 is 10.8 Å². The lowest BCUT2D eigenvalue weighted by molar-refractivity contribution is -0.385. The zero-order chi connectivity index (χ0) is 17.9. The third-order valence-electron chi connectivity index (χ3n) is 2.99. The summed E-state index contributed by atoms with van der Waals surface area (Å²) < 4.78 is 5.97. The van der Waals surface area contributed by atoms with Gasteiger partial charge >= 0.3 is 5.69 Å². The highest BCUT2D eigenvalue weighted by Gasteiger charge is 2.19. The van der Waals surface area contributed by atoms with E-state index >= 15 is 0 Å². The van der Waals surface area contributed by atoms with Crippen molar-refractivity contribution in [3.63, 3.8) is 0 Å². The molecule has 0 aliphatic carbocycles. The fourth-order valence-electron chi connectivity index (χ4n) is 1.92. The van der Waals surface area contributed by atoms with Crippen molar-refractivity contribution in [3.05, 3.63) is 55.0 Å². The number of anilines is 1. The first-order valence-corrected chi connectivity index (χ1v) is 8.32. The monoisotopic (exact) mass is 458 g/mol. The van der Waals surface area contributed by atoms with Gasteiger partial charge in [-0.25, -0.2) is 0 Å². The fraction of sp³-hybridized carbons (Fsp3) is 0.133. The number of nitrogens with zero attached hydrogens (tertiary/aromatic N) is 1. The number of carbonyl (C=O) groups excluding carboxylic acids is 1. The van der Waals surface area contributed by atoms with E-state index in [1.807, 2.05) is 0 Å². The Morgan fingerprint density at radius 2 is 1.92 bits per heavy atom. The van der Waals surface area contributed by atoms with Crippen LogP contribution in [-0.2, 0) is 0 Å². The van der Waals surface area contributed by atoms with Crippen molar-refractivity contribution in [2.24, 2.45) is 0 Å². The number of aromatic hydroxyl groups is 1. The molecule has 126 valence electrons. The second-order valence-electron chi connectivity index (χ2n) is 4.62. The molecule has 9 heteroatoms. The molecule has 0 aliphatic rings. The SMILES string of the molecule is CCOc1ccc(C(=O)Nc2cc(Br)c(O)c(Br)c2)cc1[N+](=O)[O-]. The minimum absolute atomic E-state index is 0.00436. The maximum absolute atomic E-state index is 12.3. The highest BCUT2D eigenvalue weighted by Crippen LogP contribution is 2.35. The van der Waals surface area contributed by atoms with Gasteiger partial charge in [0.15, 0.2) is 5.75 Å². The Labute approximate surface area is 154 Å². The number of benzene rings is 2. The average molecular weight is 460 g/mol. The third-order valence-corrected chi connectivity index (χ3v) is 4.20. The molecular formula is C15H12Br2N2O5. The van der Waals surface area contributed by atoms with Gasteiger partial charge in [-0.05, 0) is 63.0 Å². The highest BCUT2D eigenvalue weighted by molar-refractivity contribution is 9.11. The number of phenolic OH excluding ortho intramolecular Hbond substituents is 1. The summed E-state index contributed by atoms with van der Waals surface area (Å²) in [6.45, 7) is 1.99. The Bertz CT molecular complexity index is 787. The molecule has 1 amide bonds. The topological polar surface area (TPSA) is 102 Å². The molecule has 0 radical (unpaired) electrons. The average Bonchev–Trinajstić information content (AvgIpc) is 2.52. The predicted molar refractivity (Wildman–Crippen MR) is 95.7 cm³/mol. The van der Waals surface area contributed by atoms with Crippen LogP contribution in [0.25, 0.3) is 0 Å². The van der Waals surface area contributed by atoms with Crippen LogP contribution >= 0.6 is 31.9 Å². The van der Waals surface area contributed by atoms with Crippen LogP contribution < -0.4 is 10.1 Å². The van der Waals surface area contributed by atoms with Gasteiger partial charge in [-0.3, -0.25) is 14.9 Å². The molecule has 2 aromatic rings. The number of hydrogen-bond donors (Lipinski definition) is 2. The molecule has 0 bridgehead atoms. The van der Waals surface area contributed by atoms with E-state index in [9.17, 15) is 20.0 Å². The molecule has 24 heavy (non-hydrogen) atoms. The molecule has 0 atom stereocenters. The van der Waals surface area contributed by atoms with E-state index in [-0.39, 0.29) is 29.4 Å². The van der Waals surface area contributed by atoms with Gasteiger partial charge in [0.1, 0.15) is 5.75 Å². The fourth-order valence-corrected chi connectivity index (χ4v) is 3.11. The second kappa shape index (κ2) is 7.63. The number of rotatable bonds is 5. The second-order valence-corrected chi connectivity index (χ2v) is 6.32. The molecule has 0 heterocycles. The minimum atomic E-state index is -0.602. The summed E-state index contributed by atoms with van der Waals surface area (Å²) >= 11 is 6.33. The summed E-state index contributed by atoms with van der Waals surface area (Å²) in [5, 5.41) is 23.4. The van der Waals surface area contributed by atoms with Gasteiger partial charge in [-0.15, -0.1) is 0 Å². The van der Waals surface area contributed by atoms with Crippen LogP contribution in [0.15, 0.2) is 39.3 Å². The van der Waals surface area contributed by atoms with Gasteiger partial charge in [0.25, 0.3) is 5.91 Å². The summed E-state index contributed by atoms with van der Waals surface area (Å²) in [5.41, 5.74) is 0.246. The number of hydrogen-bond acceptors (Lipinski definition) is 5. The summed E-state index contributed by atoms with van der Waals surface area (Å²) in [5.74, 6) is -0.412. The molecule has 0 unspecified atom stereocenters. The molecule has 2 aromatic carbocycles. The summed E-state index contributed by atoms with van der Waals surface area (Å²) in [6, 6.07) is 7.02. The lowest BCUT2D eigenvalue weighted by Crippen LogP contribution is -2.12. The Balaban J connectivity index is 2.30. The van der Waals surface area contributed by atoms with Gasteiger partial charge in [0.2, 0.25) is 0 Å². The molecule has 0 saturated carbocycles. The van der Waals surface area contributed by atoms with E-state index in [0.29, 0.717) is 14.6 Å². The van der Waals surface area contributed by atoms with Crippen LogP contribution in [0.5, 0.6) is 11.5 Å². The molecule has 2 rings (SSSR count). The maximum atomic E-state index is 12.3. The van der Waals surface area contributed by atoms with Crippen molar-refractivity contribution in [3.8, 4) is 11.5 Å². The predicted octanol–water partition coefficient (Wildman–Crippen LogP) is 4.48. The molecular weight excluding hydrogens is 448 g/mol. The zero-order valence-corrected chi connectivity index (χ0v) is 15.5. The standard InChI is InChI=1S/C15H12Br2N2O5/c1-2-24-13-4-3-8(5-12(13)19(22)23)15(21)18-9-6-10(16)14(20)11(17)7-9/h3-7,20H,2H2,1H3,(H,18,21). The van der Waals surface area contributed by atoms with Crippen molar-refractivity contribution >= 4 is 49.1 Å². The van der Waals surface area contributed by atoms with Crippen molar-refractivity contribution in [2.45, 2.75) is 6.92 Å². The van der Waals surface area contributed by atoms with E-state index in [4.69, 9.17) is 4.74 Å². The van der Waals surface area contributed by atoms with Crippen LogP contribution in [0.1, 0.15) is 17.3 Å². The normalized spacial score (nSPS) is 10.3. The van der Waals surface area contributed by atoms with Crippen molar-refractivity contribution in [2.75, 3.05) is 11.9 Å². The number of phenols is 1. The Kier molecular flexibility index (Phi) is 5.79. The van der Waals surface area contributed by atoms with Gasteiger partial charge in [0.05, 0.1) is 20.5 Å². The van der Waals surface area contributed by atoms with Crippen LogP contribution in [0.2, 0.25) is 0 Å². The molecule has 0 saturated heterocycles. The zero-order valence-electron chi connectivity index (χ0n) is 12.4. The molecule has 2 N–H and O–H groups in total. The molecule has 0 spiro atoms. The van der Waals surface area contributed by atoms with Crippen molar-refractivity contribution in [1.29, 1.82) is 0 Å². The van der Waals surface area contributed by atoms with Gasteiger partial charge in [-0.1, -0.05) is 0 Å². The van der Waals surface area contributed by atoms with Crippen LogP contribution in [-0.4, -0.2) is 22.5 Å². The van der Waals surface area contributed by atoms with Gasteiger partial charge < -0.3 is 15.2 Å². The molecule has 7 nitrogen and oxygen atoms in total. The van der Waals surface area contributed by atoms with Crippen molar-refractivity contribution < 1.29 is 19.6 Å². The Hall–Kier alpha value is -2.13. The van der Waals surface area contributed by atoms with Crippen LogP contribution in [0, 0.1) is 10.1 Å². The van der Waals surface area contributed by atoms with E-state index in [1.165, 1.54) is 24.3 Å². The first-order valence-electron chi connectivity index (χ1n) is 6.74. The number of carbonyl (C=O) groups is 1. The smallest absolute Gasteiger partial charge is 0.311 e. The number of nitrogens with one attached hydrogen (secondary N) is 1. The molecule has 0 fully saturated rings. The number of nitro groups is 1. The largest absolute Gasteiger partial charge is 0.506 e. The van der Waals surface area contributed by atoms with Gasteiger partial charge in [0, 0.05) is 17.3 Å². The highest BCUT2D eigenvalue weighted by atomic mass is 79.9. The minimum Gasteiger partial charge on any atom is -0.506 e. The summed E-state index contributed by atoms with van der Waals surface area (Å²) in [6.07, 6.45) is 0. The summed E-state index contributed by atoms with van der Waals surface area (Å²) in [4.78, 5) is 22.8. The Morgan fingerprint density at radius 1 is 1.29 bits per heavy atom. The van der Waals surface area contributed by atoms with E-state index in [2.05, 4.69) is 37.2 Å². The first-order chi connectivity index (χ1) is 11.3.